The number of nitrogens with one attached hydrogen (secondary N) is 1. The summed E-state index contributed by atoms with van der Waals surface area (Å²) in [7, 11) is 1.53. The van der Waals surface area contributed by atoms with E-state index >= 15 is 0 Å². The van der Waals surface area contributed by atoms with Gasteiger partial charge in [0.1, 0.15) is 11.8 Å². The highest BCUT2D eigenvalue weighted by Crippen LogP contribution is 2.27. The van der Waals surface area contributed by atoms with Crippen molar-refractivity contribution in [3.8, 4) is 5.75 Å². The van der Waals surface area contributed by atoms with E-state index in [1.807, 2.05) is 0 Å². The Morgan fingerprint density at radius 1 is 1.30 bits per heavy atom. The topological polar surface area (TPSA) is 105 Å². The number of hydrogen-bond donors (Lipinski definition) is 2. The predicted octanol–water partition coefficient (Wildman–Crippen LogP) is 1.28. The lowest BCUT2D eigenvalue weighted by atomic mass is 10.2. The van der Waals surface area contributed by atoms with Crippen LogP contribution in [0.5, 0.6) is 5.75 Å². The van der Waals surface area contributed by atoms with E-state index in [4.69, 9.17) is 22.7 Å². The van der Waals surface area contributed by atoms with Crippen LogP contribution in [-0.4, -0.2) is 41.0 Å². The molecule has 0 saturated carbocycles. The van der Waals surface area contributed by atoms with Crippen molar-refractivity contribution in [1.29, 1.82) is 0 Å². The minimum absolute atomic E-state index is 0.0568. The molecule has 1 atom stereocenters. The van der Waals surface area contributed by atoms with E-state index in [0.29, 0.717) is 16.3 Å². The summed E-state index contributed by atoms with van der Waals surface area (Å²) in [5, 5.41) is 3.03. The number of carbonyl (C=O) groups excluding carboxylic acids is 3. The zero-order chi connectivity index (χ0) is 19.6. The number of rotatable bonds is 6. The van der Waals surface area contributed by atoms with Gasteiger partial charge in [0.05, 0.1) is 24.1 Å². The summed E-state index contributed by atoms with van der Waals surface area (Å²) in [5.41, 5.74) is 8.38. The van der Waals surface area contributed by atoms with E-state index in [0.717, 1.165) is 0 Å². The number of anilines is 1. The molecule has 1 saturated heterocycles. The molecule has 0 bridgehead atoms. The largest absolute Gasteiger partial charge is 0.497 e. The summed E-state index contributed by atoms with van der Waals surface area (Å²) >= 11 is 6.64. The molecule has 1 aliphatic rings. The first-order valence-corrected chi connectivity index (χ1v) is 9.15. The van der Waals surface area contributed by atoms with Crippen molar-refractivity contribution in [3.63, 3.8) is 0 Å². The summed E-state index contributed by atoms with van der Waals surface area (Å²) in [6, 6.07) is 9.05. The molecule has 8 nitrogen and oxygen atoms in total. The monoisotopic (exact) mass is 404 g/mol. The van der Waals surface area contributed by atoms with Crippen LogP contribution in [0.15, 0.2) is 41.8 Å². The van der Waals surface area contributed by atoms with E-state index < -0.39 is 23.8 Å². The maximum Gasteiger partial charge on any atom is 0.279 e. The predicted molar refractivity (Wildman–Crippen MR) is 104 cm³/mol. The fraction of sp³-hybridized carbons (Fsp3) is 0.176. The summed E-state index contributed by atoms with van der Waals surface area (Å²) in [6.07, 6.45) is -0.281. The number of amides is 3. The van der Waals surface area contributed by atoms with Gasteiger partial charge in [-0.05, 0) is 47.9 Å². The third-order valence-corrected chi connectivity index (χ3v) is 5.15. The second kappa shape index (κ2) is 7.72. The molecule has 27 heavy (non-hydrogen) atoms. The van der Waals surface area contributed by atoms with Crippen LogP contribution in [0.3, 0.4) is 0 Å². The Bertz CT molecular complexity index is 883. The van der Waals surface area contributed by atoms with Gasteiger partial charge in [0.15, 0.2) is 0 Å². The molecule has 3 rings (SSSR count). The van der Waals surface area contributed by atoms with E-state index in [9.17, 15) is 14.4 Å². The molecule has 1 fully saturated rings. The Morgan fingerprint density at radius 3 is 2.56 bits per heavy atom. The third-order valence-electron chi connectivity index (χ3n) is 3.91. The number of primary amides is 1. The minimum atomic E-state index is -1.01. The Kier molecular flexibility index (Phi) is 5.38. The van der Waals surface area contributed by atoms with Crippen LogP contribution >= 0.6 is 23.6 Å². The number of thiophene rings is 1. The highest BCUT2D eigenvalue weighted by atomic mass is 32.1. The van der Waals surface area contributed by atoms with Crippen molar-refractivity contribution in [1.82, 2.24) is 10.4 Å². The normalized spacial score (nSPS) is 16.6. The summed E-state index contributed by atoms with van der Waals surface area (Å²) in [5.74, 6) is -0.933. The molecule has 3 N–H and O–H groups in total. The average molecular weight is 404 g/mol. The molecule has 2 heterocycles. The number of methoxy groups -OCH3 is 1. The summed E-state index contributed by atoms with van der Waals surface area (Å²) in [6.45, 7) is 0. The number of benzene rings is 1. The first-order chi connectivity index (χ1) is 12.9. The van der Waals surface area contributed by atoms with Crippen LogP contribution in [0.25, 0.3) is 0 Å². The van der Waals surface area contributed by atoms with Crippen molar-refractivity contribution in [2.45, 2.75) is 12.5 Å². The molecule has 1 aromatic heterocycles. The number of ether oxygens (including phenoxy) is 1. The van der Waals surface area contributed by atoms with Crippen molar-refractivity contribution in [2.75, 3.05) is 12.0 Å². The molecule has 10 heteroatoms. The lowest BCUT2D eigenvalue weighted by molar-refractivity contribution is -0.125. The van der Waals surface area contributed by atoms with Gasteiger partial charge in [-0.15, -0.1) is 11.3 Å². The number of hydrazine groups is 1. The van der Waals surface area contributed by atoms with Crippen molar-refractivity contribution in [2.24, 2.45) is 5.73 Å². The maximum atomic E-state index is 12.9. The molecule has 0 radical (unpaired) electrons. The van der Waals surface area contributed by atoms with Gasteiger partial charge in [-0.2, -0.15) is 0 Å². The van der Waals surface area contributed by atoms with E-state index in [-0.39, 0.29) is 11.5 Å². The smallest absolute Gasteiger partial charge is 0.279 e. The van der Waals surface area contributed by atoms with Gasteiger partial charge in [0.25, 0.3) is 11.8 Å². The molecule has 0 aliphatic carbocycles. The number of hydrogen-bond acceptors (Lipinski definition) is 6. The highest BCUT2D eigenvalue weighted by Gasteiger charge is 2.45. The van der Waals surface area contributed by atoms with Crippen molar-refractivity contribution < 1.29 is 19.1 Å². The zero-order valence-corrected chi connectivity index (χ0v) is 15.9. The average Bonchev–Trinajstić information content (AvgIpc) is 3.25. The van der Waals surface area contributed by atoms with Crippen LogP contribution < -0.4 is 20.8 Å². The lowest BCUT2D eigenvalue weighted by Gasteiger charge is -2.23. The molecule has 3 amide bonds. The number of nitrogens with zero attached hydrogens (tertiary/aromatic N) is 2. The van der Waals surface area contributed by atoms with Crippen molar-refractivity contribution >= 4 is 52.1 Å². The SMILES string of the molecule is COc1ccc(N2C(=O)[C@H](CC(N)=O)N(NC(=O)c3cccs3)C2=S)cc1. The quantitative estimate of drug-likeness (QED) is 0.703. The summed E-state index contributed by atoms with van der Waals surface area (Å²) < 4.78 is 5.11. The van der Waals surface area contributed by atoms with Gasteiger partial charge in [0, 0.05) is 0 Å². The second-order valence-electron chi connectivity index (χ2n) is 5.63. The number of carbonyl (C=O) groups is 3. The Morgan fingerprint density at radius 2 is 2.00 bits per heavy atom. The van der Waals surface area contributed by atoms with Crippen LogP contribution in [0.1, 0.15) is 16.1 Å². The zero-order valence-electron chi connectivity index (χ0n) is 14.2. The van der Waals surface area contributed by atoms with Crippen LogP contribution in [0.4, 0.5) is 5.69 Å². The first-order valence-electron chi connectivity index (χ1n) is 7.86. The van der Waals surface area contributed by atoms with E-state index in [1.54, 1.807) is 41.8 Å². The fourth-order valence-corrected chi connectivity index (χ4v) is 3.61. The molecule has 1 aliphatic heterocycles. The van der Waals surface area contributed by atoms with Gasteiger partial charge < -0.3 is 10.5 Å². The molecule has 0 unspecified atom stereocenters. The maximum absolute atomic E-state index is 12.9. The molecular weight excluding hydrogens is 388 g/mol. The Labute approximate surface area is 164 Å². The number of nitrogens with two attached hydrogens (primary N) is 1. The molecule has 2 aromatic rings. The van der Waals surface area contributed by atoms with Crippen LogP contribution in [0, 0.1) is 0 Å². The van der Waals surface area contributed by atoms with Gasteiger partial charge in [-0.3, -0.25) is 24.7 Å². The Hall–Kier alpha value is -2.98. The fourth-order valence-electron chi connectivity index (χ4n) is 2.63. The third kappa shape index (κ3) is 3.76. The first kappa shape index (κ1) is 18.8. The van der Waals surface area contributed by atoms with Crippen LogP contribution in [-0.2, 0) is 9.59 Å². The van der Waals surface area contributed by atoms with Gasteiger partial charge >= 0.3 is 0 Å². The number of thiocarbonyl (C=S) groups is 1. The van der Waals surface area contributed by atoms with Crippen LogP contribution in [0.2, 0.25) is 0 Å². The molecule has 1 aromatic carbocycles. The van der Waals surface area contributed by atoms with Gasteiger partial charge in [0.2, 0.25) is 11.0 Å². The van der Waals surface area contributed by atoms with E-state index in [1.165, 1.54) is 28.4 Å². The van der Waals surface area contributed by atoms with Crippen molar-refractivity contribution in [3.05, 3.63) is 46.7 Å². The molecule has 0 spiro atoms. The molecular formula is C17H16N4O4S2. The van der Waals surface area contributed by atoms with Gasteiger partial charge in [-0.25, -0.2) is 5.01 Å². The van der Waals surface area contributed by atoms with Gasteiger partial charge in [-0.1, -0.05) is 6.07 Å². The minimum Gasteiger partial charge on any atom is -0.497 e. The standard InChI is InChI=1S/C17H16N4O4S2/c1-25-11-6-4-10(5-7-11)20-16(24)12(9-14(18)22)21(17(20)26)19-15(23)13-3-2-8-27-13/h2-8,12H,9H2,1H3,(H2,18,22)(H,19,23)/t12-/m0/s1. The highest BCUT2D eigenvalue weighted by molar-refractivity contribution is 7.80. The summed E-state index contributed by atoms with van der Waals surface area (Å²) in [4.78, 5) is 38.5. The Balaban J connectivity index is 1.90. The van der Waals surface area contributed by atoms with E-state index in [2.05, 4.69) is 5.43 Å². The second-order valence-corrected chi connectivity index (χ2v) is 6.94. The lowest BCUT2D eigenvalue weighted by Crippen LogP contribution is -2.49. The molecule has 140 valence electrons.